The molecule has 0 radical (unpaired) electrons. The maximum absolute atomic E-state index is 12.1. The summed E-state index contributed by atoms with van der Waals surface area (Å²) in [4.78, 5) is 2.22. The molecule has 0 unspecified atom stereocenters. The van der Waals surface area contributed by atoms with Gasteiger partial charge in [0.15, 0.2) is 12.3 Å². The number of phenolic OH excluding ortho intramolecular Hbond substituents is 1. The zero-order chi connectivity index (χ0) is 38.6. The molecule has 53 heavy (non-hydrogen) atoms. The molecule has 3 aromatic rings. The van der Waals surface area contributed by atoms with Crippen LogP contribution in [0, 0.1) is 5.41 Å². The SMILES string of the molecule is C=C(CCCCCN1/C(=C/C=C/C=C/C2=[N+](CCCOc3ccc(O)cc3)c3ccccc3C2(C)C)C(C)(C)c2cc(S(=O)(=O)O)ccc21)C(C)(C)C. The highest BCUT2D eigenvalue weighted by Gasteiger charge is 2.44. The van der Waals surface area contributed by atoms with Crippen LogP contribution in [-0.4, -0.2) is 48.1 Å². The number of aromatic hydroxyl groups is 1. The average molecular weight is 738 g/mol. The van der Waals surface area contributed by atoms with Crippen molar-refractivity contribution in [2.45, 2.75) is 96.3 Å². The molecule has 7 nitrogen and oxygen atoms in total. The number of unbranched alkanes of at least 4 members (excludes halogenated alkanes) is 2. The van der Waals surface area contributed by atoms with Gasteiger partial charge in [-0.25, -0.2) is 0 Å². The lowest BCUT2D eigenvalue weighted by Gasteiger charge is -2.27. The van der Waals surface area contributed by atoms with Crippen LogP contribution in [0.3, 0.4) is 0 Å². The first-order valence-electron chi connectivity index (χ1n) is 18.7. The van der Waals surface area contributed by atoms with Crippen LogP contribution in [0.4, 0.5) is 11.4 Å². The molecule has 0 amide bonds. The number of allylic oxidation sites excluding steroid dienone is 7. The fraction of sp³-hybridized carbons (Fsp3) is 0.400. The van der Waals surface area contributed by atoms with Gasteiger partial charge < -0.3 is 14.7 Å². The standard InChI is InChI=1S/C45H56N2O5S/c1-33(43(2,3)4)18-11-10-16-29-46-40-28-27-36(53(49,50)51)32-38(40)45(7,8)42(46)22-13-9-12-21-41-44(5,6)37-19-14-15-20-39(37)47(41)30-17-31-52-35-25-23-34(48)24-26-35/h9,12-15,19-28,32H,1,10-11,16-18,29-31H2,2-8H3,(H-,48,49,50,51)/p+1. The summed E-state index contributed by atoms with van der Waals surface area (Å²) in [6.45, 7) is 21.8. The van der Waals surface area contributed by atoms with E-state index < -0.39 is 15.5 Å². The second-order valence-electron chi connectivity index (χ2n) is 16.3. The van der Waals surface area contributed by atoms with Gasteiger partial charge in [-0.3, -0.25) is 4.55 Å². The van der Waals surface area contributed by atoms with E-state index in [1.54, 1.807) is 30.3 Å². The molecule has 0 saturated heterocycles. The molecule has 2 heterocycles. The van der Waals surface area contributed by atoms with E-state index in [-0.39, 0.29) is 21.5 Å². The number of nitrogens with zero attached hydrogens (tertiary/aromatic N) is 2. The highest BCUT2D eigenvalue weighted by atomic mass is 32.2. The van der Waals surface area contributed by atoms with E-state index in [4.69, 9.17) is 4.74 Å². The number of anilines is 1. The fourth-order valence-electron chi connectivity index (χ4n) is 7.41. The molecule has 0 saturated carbocycles. The topological polar surface area (TPSA) is 90.1 Å². The molecule has 3 aromatic carbocycles. The van der Waals surface area contributed by atoms with Crippen molar-refractivity contribution in [1.82, 2.24) is 0 Å². The minimum atomic E-state index is -4.33. The second-order valence-corrected chi connectivity index (χ2v) is 17.7. The van der Waals surface area contributed by atoms with Crippen molar-refractivity contribution in [1.29, 1.82) is 0 Å². The van der Waals surface area contributed by atoms with Gasteiger partial charge in [-0.1, -0.05) is 89.6 Å². The molecule has 2 aliphatic rings. The van der Waals surface area contributed by atoms with Gasteiger partial charge in [0.1, 0.15) is 11.5 Å². The molecule has 0 spiro atoms. The van der Waals surface area contributed by atoms with Gasteiger partial charge in [0.2, 0.25) is 5.69 Å². The van der Waals surface area contributed by atoms with Crippen LogP contribution >= 0.6 is 0 Å². The van der Waals surface area contributed by atoms with E-state index >= 15 is 0 Å². The highest BCUT2D eigenvalue weighted by molar-refractivity contribution is 7.85. The Bertz CT molecular complexity index is 2040. The zero-order valence-corrected chi connectivity index (χ0v) is 33.3. The Morgan fingerprint density at radius 2 is 1.60 bits per heavy atom. The molecule has 0 aromatic heterocycles. The normalized spacial score (nSPS) is 17.3. The van der Waals surface area contributed by atoms with Crippen LogP contribution in [-0.2, 0) is 20.9 Å². The van der Waals surface area contributed by atoms with Crippen LogP contribution in [0.5, 0.6) is 11.5 Å². The number of phenols is 1. The second kappa shape index (κ2) is 15.9. The van der Waals surface area contributed by atoms with Gasteiger partial charge in [0.25, 0.3) is 10.1 Å². The van der Waals surface area contributed by atoms with E-state index in [9.17, 15) is 18.1 Å². The van der Waals surface area contributed by atoms with Gasteiger partial charge in [0.05, 0.1) is 16.9 Å². The largest absolute Gasteiger partial charge is 0.508 e. The smallest absolute Gasteiger partial charge is 0.294 e. The Kier molecular flexibility index (Phi) is 11.9. The summed E-state index contributed by atoms with van der Waals surface area (Å²) in [5.41, 5.74) is 7.37. The van der Waals surface area contributed by atoms with Crippen LogP contribution in [0.15, 0.2) is 120 Å². The van der Waals surface area contributed by atoms with E-state index in [2.05, 4.69) is 119 Å². The highest BCUT2D eigenvalue weighted by Crippen LogP contribution is 2.48. The lowest BCUT2D eigenvalue weighted by Crippen LogP contribution is -2.28. The molecule has 0 fully saturated rings. The number of rotatable bonds is 15. The first-order chi connectivity index (χ1) is 24.9. The van der Waals surface area contributed by atoms with Crippen LogP contribution < -0.4 is 9.64 Å². The van der Waals surface area contributed by atoms with E-state index in [0.717, 1.165) is 67.9 Å². The quantitative estimate of drug-likeness (QED) is 0.0531. The Morgan fingerprint density at radius 3 is 2.30 bits per heavy atom. The third-order valence-corrected chi connectivity index (χ3v) is 11.6. The molecule has 5 rings (SSSR count). The number of hydrogen-bond donors (Lipinski definition) is 2. The van der Waals surface area contributed by atoms with Gasteiger partial charge in [-0.2, -0.15) is 13.0 Å². The van der Waals surface area contributed by atoms with Crippen LogP contribution in [0.25, 0.3) is 0 Å². The molecule has 282 valence electrons. The lowest BCUT2D eigenvalue weighted by molar-refractivity contribution is -0.438. The summed E-state index contributed by atoms with van der Waals surface area (Å²) in [6, 6.07) is 20.3. The van der Waals surface area contributed by atoms with Gasteiger partial charge >= 0.3 is 0 Å². The maximum Gasteiger partial charge on any atom is 0.294 e. The Labute approximate surface area is 317 Å². The third-order valence-electron chi connectivity index (χ3n) is 10.7. The van der Waals surface area contributed by atoms with E-state index in [1.807, 2.05) is 6.07 Å². The lowest BCUT2D eigenvalue weighted by atomic mass is 9.81. The number of para-hydroxylation sites is 1. The molecule has 0 atom stereocenters. The number of benzene rings is 3. The maximum atomic E-state index is 12.1. The molecule has 2 aliphatic heterocycles. The third kappa shape index (κ3) is 9.05. The van der Waals surface area contributed by atoms with E-state index in [0.29, 0.717) is 6.61 Å². The van der Waals surface area contributed by atoms with E-state index in [1.165, 1.54) is 28.6 Å². The number of hydrogen-bond acceptors (Lipinski definition) is 5. The number of ether oxygens (including phenoxy) is 1. The molecular formula is C45H57N2O5S+. The fourth-order valence-corrected chi connectivity index (χ4v) is 7.92. The predicted octanol–water partition coefficient (Wildman–Crippen LogP) is 10.4. The van der Waals surface area contributed by atoms with Crippen molar-refractivity contribution in [3.8, 4) is 11.5 Å². The van der Waals surface area contributed by atoms with Crippen molar-refractivity contribution in [2.24, 2.45) is 5.41 Å². The Morgan fingerprint density at radius 1 is 0.887 bits per heavy atom. The molecular weight excluding hydrogens is 681 g/mol. The first kappa shape index (κ1) is 39.8. The number of fused-ring (bicyclic) bond motifs is 2. The Hall–Kier alpha value is -4.40. The van der Waals surface area contributed by atoms with Gasteiger partial charge in [-0.05, 0) is 92.6 Å². The van der Waals surface area contributed by atoms with Crippen molar-refractivity contribution in [3.63, 3.8) is 0 Å². The van der Waals surface area contributed by atoms with Crippen molar-refractivity contribution >= 4 is 27.2 Å². The van der Waals surface area contributed by atoms with Gasteiger partial charge in [-0.15, -0.1) is 0 Å². The summed E-state index contributed by atoms with van der Waals surface area (Å²) in [5, 5.41) is 9.58. The Balaban J connectivity index is 1.36. The zero-order valence-electron chi connectivity index (χ0n) is 32.5. The van der Waals surface area contributed by atoms with Crippen molar-refractivity contribution in [2.75, 3.05) is 24.6 Å². The molecule has 8 heteroatoms. The van der Waals surface area contributed by atoms with Gasteiger partial charge in [0, 0.05) is 47.5 Å². The minimum absolute atomic E-state index is 0.0848. The summed E-state index contributed by atoms with van der Waals surface area (Å²) < 4.78 is 42.4. The van der Waals surface area contributed by atoms with Crippen molar-refractivity contribution < 1.29 is 27.4 Å². The first-order valence-corrected chi connectivity index (χ1v) is 20.2. The minimum Gasteiger partial charge on any atom is -0.508 e. The van der Waals surface area contributed by atoms with Crippen LogP contribution in [0.2, 0.25) is 0 Å². The summed E-state index contributed by atoms with van der Waals surface area (Å²) in [5.74, 6) is 0.958. The molecule has 0 bridgehead atoms. The molecule has 0 aliphatic carbocycles. The van der Waals surface area contributed by atoms with Crippen LogP contribution in [0.1, 0.15) is 91.7 Å². The summed E-state index contributed by atoms with van der Waals surface area (Å²) in [7, 11) is -4.33. The predicted molar refractivity (Wildman–Crippen MR) is 218 cm³/mol. The van der Waals surface area contributed by atoms with Crippen molar-refractivity contribution in [3.05, 3.63) is 126 Å². The monoisotopic (exact) mass is 737 g/mol. The summed E-state index contributed by atoms with van der Waals surface area (Å²) in [6.07, 6.45) is 15.5. The average Bonchev–Trinajstić information content (AvgIpc) is 3.44. The summed E-state index contributed by atoms with van der Waals surface area (Å²) >= 11 is 0. The molecule has 2 N–H and O–H groups in total.